The van der Waals surface area contributed by atoms with Gasteiger partial charge in [0.2, 0.25) is 11.9 Å². The van der Waals surface area contributed by atoms with E-state index in [0.29, 0.717) is 19.0 Å². The molecule has 0 radical (unpaired) electrons. The van der Waals surface area contributed by atoms with Gasteiger partial charge in [-0.15, -0.1) is 11.3 Å². The first-order chi connectivity index (χ1) is 15.1. The van der Waals surface area contributed by atoms with Crippen LogP contribution in [0.3, 0.4) is 0 Å². The summed E-state index contributed by atoms with van der Waals surface area (Å²) < 4.78 is 0. The molecular formula is C24H28N4O2S. The lowest BCUT2D eigenvalue weighted by Crippen LogP contribution is -2.49. The molecule has 1 amide bonds. The van der Waals surface area contributed by atoms with Crippen molar-refractivity contribution in [1.29, 1.82) is 0 Å². The molecule has 0 aliphatic carbocycles. The molecule has 5 rings (SSSR count). The molecule has 2 aromatic heterocycles. The SMILES string of the molecule is Cc1nc(N2CCCC2C(=O)N2CCC(C(O)c3cccs3)CC2)nc2ccccc12. The van der Waals surface area contributed by atoms with Crippen LogP contribution in [-0.2, 0) is 4.79 Å². The first-order valence-corrected chi connectivity index (χ1v) is 12.0. The molecule has 1 aromatic carbocycles. The highest BCUT2D eigenvalue weighted by Gasteiger charge is 2.37. The number of hydrogen-bond acceptors (Lipinski definition) is 6. The largest absolute Gasteiger partial charge is 0.387 e. The highest BCUT2D eigenvalue weighted by Crippen LogP contribution is 2.34. The van der Waals surface area contributed by atoms with Crippen LogP contribution in [0.25, 0.3) is 10.9 Å². The van der Waals surface area contributed by atoms with Crippen molar-refractivity contribution >= 4 is 34.1 Å². The number of aliphatic hydroxyl groups is 1. The van der Waals surface area contributed by atoms with Gasteiger partial charge in [0.15, 0.2) is 0 Å². The second-order valence-electron chi connectivity index (χ2n) is 8.60. The molecule has 2 aliphatic heterocycles. The number of anilines is 1. The summed E-state index contributed by atoms with van der Waals surface area (Å²) >= 11 is 1.60. The van der Waals surface area contributed by atoms with Crippen molar-refractivity contribution < 1.29 is 9.90 Å². The number of hydrogen-bond donors (Lipinski definition) is 1. The van der Waals surface area contributed by atoms with E-state index in [1.54, 1.807) is 11.3 Å². The van der Waals surface area contributed by atoms with Crippen LogP contribution in [0.15, 0.2) is 41.8 Å². The summed E-state index contributed by atoms with van der Waals surface area (Å²) in [6, 6.07) is 11.8. The van der Waals surface area contributed by atoms with E-state index in [9.17, 15) is 9.90 Å². The average molecular weight is 437 g/mol. The maximum Gasteiger partial charge on any atom is 0.245 e. The standard InChI is InChI=1S/C24H28N4O2S/c1-16-18-6-2-3-7-19(18)26-24(25-16)28-12-4-8-20(28)23(30)27-13-10-17(11-14-27)22(29)21-9-5-15-31-21/h2-3,5-7,9,15,17,20,22,29H,4,8,10-14H2,1H3. The van der Waals surface area contributed by atoms with E-state index in [-0.39, 0.29) is 17.9 Å². The predicted molar refractivity (Wildman–Crippen MR) is 123 cm³/mol. The van der Waals surface area contributed by atoms with Crippen molar-refractivity contribution in [2.45, 2.75) is 44.8 Å². The Bertz CT molecular complexity index is 1060. The van der Waals surface area contributed by atoms with Crippen LogP contribution in [0.5, 0.6) is 0 Å². The van der Waals surface area contributed by atoms with E-state index in [1.165, 1.54) is 0 Å². The number of likely N-dealkylation sites (tertiary alicyclic amines) is 1. The van der Waals surface area contributed by atoms with Gasteiger partial charge >= 0.3 is 0 Å². The van der Waals surface area contributed by atoms with Gasteiger partial charge in [-0.2, -0.15) is 0 Å². The van der Waals surface area contributed by atoms with Gasteiger partial charge in [0, 0.05) is 29.9 Å². The number of carbonyl (C=O) groups is 1. The number of nitrogens with zero attached hydrogens (tertiary/aromatic N) is 4. The number of aromatic nitrogens is 2. The van der Waals surface area contributed by atoms with Crippen LogP contribution in [0.1, 0.15) is 42.4 Å². The van der Waals surface area contributed by atoms with E-state index >= 15 is 0 Å². The molecule has 6 nitrogen and oxygen atoms in total. The Morgan fingerprint density at radius 2 is 1.90 bits per heavy atom. The normalized spacial score (nSPS) is 21.0. The van der Waals surface area contributed by atoms with Gasteiger partial charge in [-0.25, -0.2) is 9.97 Å². The quantitative estimate of drug-likeness (QED) is 0.671. The van der Waals surface area contributed by atoms with Crippen LogP contribution in [0.2, 0.25) is 0 Å². The van der Waals surface area contributed by atoms with Crippen molar-refractivity contribution in [3.05, 3.63) is 52.3 Å². The van der Waals surface area contributed by atoms with E-state index in [1.807, 2.05) is 53.6 Å². The van der Waals surface area contributed by atoms with Gasteiger partial charge in [-0.05, 0) is 56.0 Å². The molecule has 2 aliphatic rings. The van der Waals surface area contributed by atoms with Crippen molar-refractivity contribution in [2.24, 2.45) is 5.92 Å². The second kappa shape index (κ2) is 8.55. The first kappa shape index (κ1) is 20.4. The summed E-state index contributed by atoms with van der Waals surface area (Å²) in [6.45, 7) is 4.22. The molecule has 162 valence electrons. The molecule has 31 heavy (non-hydrogen) atoms. The number of carbonyl (C=O) groups excluding carboxylic acids is 1. The van der Waals surface area contributed by atoms with Crippen molar-refractivity contribution in [2.75, 3.05) is 24.5 Å². The maximum atomic E-state index is 13.4. The highest BCUT2D eigenvalue weighted by molar-refractivity contribution is 7.10. The molecule has 3 aromatic rings. The molecule has 0 saturated carbocycles. The predicted octanol–water partition coefficient (Wildman–Crippen LogP) is 3.94. The summed E-state index contributed by atoms with van der Waals surface area (Å²) in [5.74, 6) is 1.06. The minimum atomic E-state index is -0.422. The minimum Gasteiger partial charge on any atom is -0.387 e. The van der Waals surface area contributed by atoms with Crippen molar-refractivity contribution in [1.82, 2.24) is 14.9 Å². The van der Waals surface area contributed by atoms with Gasteiger partial charge in [0.05, 0.1) is 17.3 Å². The smallest absolute Gasteiger partial charge is 0.245 e. The molecule has 1 N–H and O–H groups in total. The molecule has 0 bridgehead atoms. The number of para-hydroxylation sites is 1. The highest BCUT2D eigenvalue weighted by atomic mass is 32.1. The fraction of sp³-hybridized carbons (Fsp3) is 0.458. The third-order valence-corrected chi connectivity index (χ3v) is 7.65. The van der Waals surface area contributed by atoms with Crippen LogP contribution in [0.4, 0.5) is 5.95 Å². The summed E-state index contributed by atoms with van der Waals surface area (Å²) in [6.07, 6.45) is 3.06. The number of piperidine rings is 1. The third kappa shape index (κ3) is 3.92. The number of aryl methyl sites for hydroxylation is 1. The Morgan fingerprint density at radius 1 is 1.10 bits per heavy atom. The van der Waals surface area contributed by atoms with E-state index in [2.05, 4.69) is 4.90 Å². The second-order valence-corrected chi connectivity index (χ2v) is 9.58. The van der Waals surface area contributed by atoms with Gasteiger partial charge in [-0.1, -0.05) is 24.3 Å². The van der Waals surface area contributed by atoms with Gasteiger partial charge in [-0.3, -0.25) is 4.79 Å². The van der Waals surface area contributed by atoms with Gasteiger partial charge in [0.1, 0.15) is 6.04 Å². The summed E-state index contributed by atoms with van der Waals surface area (Å²) in [7, 11) is 0. The Balaban J connectivity index is 1.28. The van der Waals surface area contributed by atoms with E-state index < -0.39 is 6.10 Å². The molecule has 2 unspecified atom stereocenters. The first-order valence-electron chi connectivity index (χ1n) is 11.1. The van der Waals surface area contributed by atoms with Crippen LogP contribution in [0, 0.1) is 12.8 Å². The number of aliphatic hydroxyl groups excluding tert-OH is 1. The fourth-order valence-electron chi connectivity index (χ4n) is 4.95. The summed E-state index contributed by atoms with van der Waals surface area (Å²) in [5.41, 5.74) is 1.87. The molecule has 0 spiro atoms. The maximum absolute atomic E-state index is 13.4. The Labute approximate surface area is 186 Å². The molecule has 2 saturated heterocycles. The van der Waals surface area contributed by atoms with Gasteiger partial charge < -0.3 is 14.9 Å². The zero-order chi connectivity index (χ0) is 21.4. The van der Waals surface area contributed by atoms with Crippen molar-refractivity contribution in [3.63, 3.8) is 0 Å². The Morgan fingerprint density at radius 3 is 2.68 bits per heavy atom. The number of amides is 1. The minimum absolute atomic E-state index is 0.177. The zero-order valence-corrected chi connectivity index (χ0v) is 18.6. The summed E-state index contributed by atoms with van der Waals surface area (Å²) in [4.78, 5) is 28.0. The van der Waals surface area contributed by atoms with Gasteiger partial charge in [0.25, 0.3) is 0 Å². The Hall–Kier alpha value is -2.51. The number of fused-ring (bicyclic) bond motifs is 1. The molecule has 2 fully saturated rings. The fourth-order valence-corrected chi connectivity index (χ4v) is 5.75. The lowest BCUT2D eigenvalue weighted by molar-refractivity contribution is -0.134. The van der Waals surface area contributed by atoms with Crippen LogP contribution in [-0.4, -0.2) is 51.6 Å². The Kier molecular flexibility index (Phi) is 5.63. The average Bonchev–Trinajstić information content (AvgIpc) is 3.51. The van der Waals surface area contributed by atoms with Crippen LogP contribution < -0.4 is 4.90 Å². The monoisotopic (exact) mass is 436 g/mol. The van der Waals surface area contributed by atoms with Crippen molar-refractivity contribution in [3.8, 4) is 0 Å². The summed E-state index contributed by atoms with van der Waals surface area (Å²) in [5, 5.41) is 13.7. The molecular weight excluding hydrogens is 408 g/mol. The lowest BCUT2D eigenvalue weighted by atomic mass is 9.90. The number of thiophene rings is 1. The lowest BCUT2D eigenvalue weighted by Gasteiger charge is -2.36. The molecule has 4 heterocycles. The van der Waals surface area contributed by atoms with E-state index in [0.717, 1.165) is 53.7 Å². The number of rotatable bonds is 4. The number of benzene rings is 1. The topological polar surface area (TPSA) is 69.6 Å². The molecule has 2 atom stereocenters. The van der Waals surface area contributed by atoms with Crippen LogP contribution >= 0.6 is 11.3 Å². The van der Waals surface area contributed by atoms with E-state index in [4.69, 9.17) is 9.97 Å². The molecule has 7 heteroatoms. The zero-order valence-electron chi connectivity index (χ0n) is 17.8. The third-order valence-electron chi connectivity index (χ3n) is 6.71.